The zero-order valence-electron chi connectivity index (χ0n) is 38.7. The average molecular weight is 875 g/mol. The van der Waals surface area contributed by atoms with Crippen LogP contribution < -0.4 is 10.6 Å². The molecule has 6 rings (SSSR count). The van der Waals surface area contributed by atoms with Crippen LogP contribution in [0.2, 0.25) is 0 Å². The van der Waals surface area contributed by atoms with E-state index in [4.69, 9.17) is 9.68 Å². The first kappa shape index (κ1) is 49.2. The third-order valence-corrected chi connectivity index (χ3v) is 11.6. The van der Waals surface area contributed by atoms with E-state index < -0.39 is 0 Å². The van der Waals surface area contributed by atoms with Crippen molar-refractivity contribution in [2.75, 3.05) is 52.5 Å². The molecular weight excluding hydrogens is 805 g/mol. The molecule has 0 radical (unpaired) electrons. The van der Waals surface area contributed by atoms with E-state index in [0.29, 0.717) is 48.5 Å². The van der Waals surface area contributed by atoms with Gasteiger partial charge in [-0.15, -0.1) is 0 Å². The molecule has 344 valence electrons. The molecule has 4 heterocycles. The Morgan fingerprint density at radius 3 is 1.31 bits per heavy atom. The third-order valence-electron chi connectivity index (χ3n) is 11.6. The number of nitrogens with zero attached hydrogens (tertiary/aromatic N) is 4. The molecule has 4 aliphatic rings. The number of fused-ring (bicyclic) bond motifs is 2. The third kappa shape index (κ3) is 16.4. The van der Waals surface area contributed by atoms with E-state index >= 15 is 0 Å². The van der Waals surface area contributed by atoms with E-state index in [-0.39, 0.29) is 36.8 Å². The first-order chi connectivity index (χ1) is 31.1. The summed E-state index contributed by atoms with van der Waals surface area (Å²) in [5.74, 6) is -0.161. The molecule has 2 aromatic rings. The Bertz CT molecular complexity index is 1940. The minimum atomic E-state index is -0.0625. The lowest BCUT2D eigenvalue weighted by Gasteiger charge is -2.26. The van der Waals surface area contributed by atoms with Crippen molar-refractivity contribution in [3.8, 4) is 0 Å². The van der Waals surface area contributed by atoms with Gasteiger partial charge in [0, 0.05) is 63.2 Å². The van der Waals surface area contributed by atoms with Crippen molar-refractivity contribution in [1.29, 1.82) is 0 Å². The maximum Gasteiger partial charge on any atom is 0.263 e. The molecule has 2 saturated heterocycles. The molecule has 4 aliphatic heterocycles. The molecule has 0 atom stereocenters. The molecular formula is C52H70N6O6. The number of carbonyl (C=O) groups excluding carboxylic acids is 4. The van der Waals surface area contributed by atoms with Crippen LogP contribution in [0.5, 0.6) is 0 Å². The van der Waals surface area contributed by atoms with Gasteiger partial charge in [0.2, 0.25) is 0 Å². The quantitative estimate of drug-likeness (QED) is 0.220. The van der Waals surface area contributed by atoms with Crippen LogP contribution in [-0.2, 0) is 32.1 Å². The standard InChI is InChI=1S/2C26H35N3O3/c2*1-20-16-21(2)25-22(17-20)18-23(12-8-5-3-4-6-9-13-27-26(25)31)28-32-19-24(30)29-14-10-7-11-15-29/h2*4,6,8,12,16-17H,3,5,7,9-11,13-15,18-19H2,1-2H3,(H,27,31)/b6-4+,12-8+,28-23+;6-4+,12-8+,28-23-. The summed E-state index contributed by atoms with van der Waals surface area (Å²) in [7, 11) is 0. The highest BCUT2D eigenvalue weighted by atomic mass is 16.6. The normalized spacial score (nSPS) is 21.2. The number of allylic oxidation sites excluding steroid dienone is 6. The molecule has 0 unspecified atom stereocenters. The number of amides is 4. The summed E-state index contributed by atoms with van der Waals surface area (Å²) >= 11 is 0. The second-order valence-corrected chi connectivity index (χ2v) is 17.2. The maximum atomic E-state index is 12.9. The van der Waals surface area contributed by atoms with Crippen molar-refractivity contribution >= 4 is 35.1 Å². The zero-order valence-corrected chi connectivity index (χ0v) is 38.7. The first-order valence-electron chi connectivity index (χ1n) is 23.4. The molecule has 4 amide bonds. The number of rotatable bonds is 6. The van der Waals surface area contributed by atoms with Gasteiger partial charge in [-0.2, -0.15) is 0 Å². The molecule has 0 bridgehead atoms. The van der Waals surface area contributed by atoms with E-state index in [2.05, 4.69) is 57.4 Å². The number of hydrogen-bond donors (Lipinski definition) is 2. The van der Waals surface area contributed by atoms with Gasteiger partial charge in [-0.1, -0.05) is 82.2 Å². The lowest BCUT2D eigenvalue weighted by Crippen LogP contribution is -2.37. The second kappa shape index (κ2) is 26.8. The summed E-state index contributed by atoms with van der Waals surface area (Å²) < 4.78 is 0. The smallest absolute Gasteiger partial charge is 0.263 e. The highest BCUT2D eigenvalue weighted by Crippen LogP contribution is 2.21. The number of oxime groups is 2. The monoisotopic (exact) mass is 875 g/mol. The number of piperidine rings is 2. The number of nitrogens with one attached hydrogen (secondary N) is 2. The van der Waals surface area contributed by atoms with Crippen molar-refractivity contribution in [3.05, 3.63) is 117 Å². The molecule has 12 heteroatoms. The number of hydrogen-bond acceptors (Lipinski definition) is 8. The van der Waals surface area contributed by atoms with E-state index in [1.54, 1.807) is 0 Å². The van der Waals surface area contributed by atoms with Crippen molar-refractivity contribution in [2.24, 2.45) is 10.3 Å². The summed E-state index contributed by atoms with van der Waals surface area (Å²) in [5, 5.41) is 14.7. The summed E-state index contributed by atoms with van der Waals surface area (Å²) in [6.45, 7) is 12.3. The number of aryl methyl sites for hydroxylation is 4. The van der Waals surface area contributed by atoms with Crippen LogP contribution in [0.4, 0.5) is 0 Å². The molecule has 64 heavy (non-hydrogen) atoms. The van der Waals surface area contributed by atoms with Gasteiger partial charge in [-0.3, -0.25) is 19.2 Å². The zero-order chi connectivity index (χ0) is 45.5. The van der Waals surface area contributed by atoms with Gasteiger partial charge < -0.3 is 30.1 Å². The van der Waals surface area contributed by atoms with Gasteiger partial charge in [0.15, 0.2) is 13.2 Å². The highest BCUT2D eigenvalue weighted by Gasteiger charge is 2.21. The fourth-order valence-electron chi connectivity index (χ4n) is 8.49. The SMILES string of the molecule is Cc1cc(C)c2c(c1)CC(=N/OCC(=O)N1CCCCC1)/C=C/CC/C=C/CCNC2=O.Cc1cc(C)c2c(c1)CC(=N\OCC(=O)N1CCCCC1)/C=C/CC/C=C/CCNC2=O. The van der Waals surface area contributed by atoms with Crippen LogP contribution >= 0.6 is 0 Å². The van der Waals surface area contributed by atoms with E-state index in [1.165, 1.54) is 12.8 Å². The molecule has 0 saturated carbocycles. The van der Waals surface area contributed by atoms with E-state index in [0.717, 1.165) is 124 Å². The van der Waals surface area contributed by atoms with Gasteiger partial charge in [0.1, 0.15) is 0 Å². The topological polar surface area (TPSA) is 142 Å². The van der Waals surface area contributed by atoms with Crippen LogP contribution in [0.15, 0.2) is 83.2 Å². The number of likely N-dealkylation sites (tertiary alicyclic amines) is 2. The average Bonchev–Trinajstić information content (AvgIpc) is 3.27. The Kier molecular flexibility index (Phi) is 20.6. The largest absolute Gasteiger partial charge is 0.385 e. The minimum Gasteiger partial charge on any atom is -0.385 e. The number of benzene rings is 2. The van der Waals surface area contributed by atoms with E-state index in [1.807, 2.05) is 73.9 Å². The van der Waals surface area contributed by atoms with Crippen LogP contribution in [0.1, 0.15) is 131 Å². The van der Waals surface area contributed by atoms with Gasteiger partial charge in [-0.05, 0) is 139 Å². The van der Waals surface area contributed by atoms with Crippen LogP contribution in [0.25, 0.3) is 0 Å². The van der Waals surface area contributed by atoms with Gasteiger partial charge >= 0.3 is 0 Å². The molecule has 0 aliphatic carbocycles. The summed E-state index contributed by atoms with van der Waals surface area (Å²) in [5.41, 5.74) is 8.74. The summed E-state index contributed by atoms with van der Waals surface area (Å²) in [4.78, 5) is 65.3. The maximum absolute atomic E-state index is 12.9. The molecule has 0 aromatic heterocycles. The lowest BCUT2D eigenvalue weighted by atomic mass is 9.94. The summed E-state index contributed by atoms with van der Waals surface area (Å²) in [6, 6.07) is 8.13. The second-order valence-electron chi connectivity index (χ2n) is 17.2. The molecule has 2 fully saturated rings. The Balaban J connectivity index is 0.000000241. The van der Waals surface area contributed by atoms with Gasteiger partial charge in [-0.25, -0.2) is 0 Å². The lowest BCUT2D eigenvalue weighted by molar-refractivity contribution is -0.137. The van der Waals surface area contributed by atoms with E-state index in [9.17, 15) is 19.2 Å². The Morgan fingerprint density at radius 2 is 0.906 bits per heavy atom. The predicted octanol–water partition coefficient (Wildman–Crippen LogP) is 8.51. The van der Waals surface area contributed by atoms with Gasteiger partial charge in [0.25, 0.3) is 23.6 Å². The van der Waals surface area contributed by atoms with Crippen molar-refractivity contribution < 1.29 is 28.9 Å². The summed E-state index contributed by atoms with van der Waals surface area (Å²) in [6.07, 6.45) is 29.3. The molecule has 2 aromatic carbocycles. The predicted molar refractivity (Wildman–Crippen MR) is 256 cm³/mol. The Labute approximate surface area is 381 Å². The molecule has 12 nitrogen and oxygen atoms in total. The van der Waals surface area contributed by atoms with Crippen molar-refractivity contribution in [3.63, 3.8) is 0 Å². The van der Waals surface area contributed by atoms with Crippen LogP contribution in [0.3, 0.4) is 0 Å². The van der Waals surface area contributed by atoms with Crippen molar-refractivity contribution in [2.45, 2.75) is 118 Å². The van der Waals surface area contributed by atoms with Crippen molar-refractivity contribution in [1.82, 2.24) is 20.4 Å². The first-order valence-corrected chi connectivity index (χ1v) is 23.4. The van der Waals surface area contributed by atoms with Crippen LogP contribution in [-0.4, -0.2) is 97.3 Å². The fraction of sp³-hybridized carbons (Fsp3) is 0.500. The van der Waals surface area contributed by atoms with Crippen LogP contribution in [0, 0.1) is 27.7 Å². The Morgan fingerprint density at radius 1 is 0.531 bits per heavy atom. The highest BCUT2D eigenvalue weighted by molar-refractivity contribution is 6.02. The number of carbonyl (C=O) groups is 4. The minimum absolute atomic E-state index is 0.0180. The molecule has 0 spiro atoms. The Hall–Kier alpha value is -5.78. The van der Waals surface area contributed by atoms with Gasteiger partial charge in [0.05, 0.1) is 11.4 Å². The molecule has 2 N–H and O–H groups in total. The fourth-order valence-corrected chi connectivity index (χ4v) is 8.49.